The number of aryl methyl sites for hydroxylation is 1. The highest BCUT2D eigenvalue weighted by molar-refractivity contribution is 5.87. The highest BCUT2D eigenvalue weighted by Gasteiger charge is 2.26. The van der Waals surface area contributed by atoms with Crippen molar-refractivity contribution in [3.63, 3.8) is 0 Å². The van der Waals surface area contributed by atoms with Crippen molar-refractivity contribution in [3.05, 3.63) is 65.2 Å². The van der Waals surface area contributed by atoms with E-state index in [2.05, 4.69) is 26.1 Å². The number of carbonyl (C=O) groups is 2. The monoisotopic (exact) mass is 396 g/mol. The van der Waals surface area contributed by atoms with Gasteiger partial charge in [0.25, 0.3) is 5.91 Å². The van der Waals surface area contributed by atoms with Gasteiger partial charge in [-0.1, -0.05) is 68.8 Å². The van der Waals surface area contributed by atoms with Gasteiger partial charge in [0.1, 0.15) is 11.8 Å². The van der Waals surface area contributed by atoms with Crippen molar-refractivity contribution in [2.75, 3.05) is 13.7 Å². The summed E-state index contributed by atoms with van der Waals surface area (Å²) in [7, 11) is 1.57. The fraction of sp³-hybridized carbons (Fsp3) is 0.417. The van der Waals surface area contributed by atoms with Crippen LogP contribution in [-0.4, -0.2) is 36.4 Å². The van der Waals surface area contributed by atoms with Crippen LogP contribution in [0, 0.1) is 6.92 Å². The van der Waals surface area contributed by atoms with Gasteiger partial charge in [-0.05, 0) is 36.5 Å². The number of para-hydroxylation sites is 1. The molecule has 2 rings (SSSR count). The van der Waals surface area contributed by atoms with Crippen LogP contribution < -0.4 is 10.1 Å². The third-order valence-corrected chi connectivity index (χ3v) is 4.93. The number of likely N-dealkylation sites (N-methyl/N-ethyl adjacent to an activating group) is 1. The minimum Gasteiger partial charge on any atom is -0.483 e. The molecule has 0 spiro atoms. The average Bonchev–Trinajstić information content (AvgIpc) is 2.70. The Hall–Kier alpha value is -2.82. The summed E-state index contributed by atoms with van der Waals surface area (Å²) in [6.45, 7) is 10.3. The van der Waals surface area contributed by atoms with Crippen molar-refractivity contribution in [1.82, 2.24) is 10.2 Å². The summed E-state index contributed by atoms with van der Waals surface area (Å²) in [5.74, 6) is 0.252. The van der Waals surface area contributed by atoms with Crippen LogP contribution in [0.25, 0.3) is 0 Å². The minimum atomic E-state index is -0.602. The van der Waals surface area contributed by atoms with Crippen molar-refractivity contribution >= 4 is 11.8 Å². The van der Waals surface area contributed by atoms with Crippen LogP contribution >= 0.6 is 0 Å². The highest BCUT2D eigenvalue weighted by atomic mass is 16.5. The Morgan fingerprint density at radius 3 is 2.28 bits per heavy atom. The molecule has 1 unspecified atom stereocenters. The molecule has 0 aliphatic heterocycles. The molecule has 0 radical (unpaired) electrons. The maximum absolute atomic E-state index is 13.0. The molecule has 1 atom stereocenters. The first-order valence-corrected chi connectivity index (χ1v) is 9.92. The van der Waals surface area contributed by atoms with Crippen LogP contribution in [-0.2, 0) is 21.5 Å². The summed E-state index contributed by atoms with van der Waals surface area (Å²) in [6, 6.07) is 15.1. The SMILES string of the molecule is CNC(=O)C(C)N(Cc1ccc(C)cc1)C(=O)COc1ccccc1C(C)(C)C. The third kappa shape index (κ3) is 6.08. The Labute approximate surface area is 174 Å². The van der Waals surface area contributed by atoms with E-state index >= 15 is 0 Å². The summed E-state index contributed by atoms with van der Waals surface area (Å²) >= 11 is 0. The van der Waals surface area contributed by atoms with E-state index in [9.17, 15) is 9.59 Å². The number of benzene rings is 2. The van der Waals surface area contributed by atoms with E-state index in [0.29, 0.717) is 12.3 Å². The molecule has 0 aliphatic carbocycles. The lowest BCUT2D eigenvalue weighted by molar-refractivity contribution is -0.142. The van der Waals surface area contributed by atoms with Gasteiger partial charge in [-0.25, -0.2) is 0 Å². The number of amides is 2. The highest BCUT2D eigenvalue weighted by Crippen LogP contribution is 2.31. The van der Waals surface area contributed by atoms with Crippen molar-refractivity contribution < 1.29 is 14.3 Å². The molecule has 2 amide bonds. The summed E-state index contributed by atoms with van der Waals surface area (Å²) in [5, 5.41) is 2.62. The Kier molecular flexibility index (Phi) is 7.43. The number of rotatable bonds is 7. The molecule has 1 N–H and O–H groups in total. The first-order chi connectivity index (χ1) is 13.6. The second-order valence-electron chi connectivity index (χ2n) is 8.33. The van der Waals surface area contributed by atoms with E-state index in [1.165, 1.54) is 0 Å². The summed E-state index contributed by atoms with van der Waals surface area (Å²) in [4.78, 5) is 26.8. The van der Waals surface area contributed by atoms with Crippen LogP contribution in [0.3, 0.4) is 0 Å². The maximum Gasteiger partial charge on any atom is 0.261 e. The number of hydrogen-bond donors (Lipinski definition) is 1. The van der Waals surface area contributed by atoms with Gasteiger partial charge in [-0.2, -0.15) is 0 Å². The Morgan fingerprint density at radius 2 is 1.69 bits per heavy atom. The van der Waals surface area contributed by atoms with E-state index in [4.69, 9.17) is 4.74 Å². The molecule has 0 saturated heterocycles. The number of ether oxygens (including phenoxy) is 1. The topological polar surface area (TPSA) is 58.6 Å². The molecule has 0 aromatic heterocycles. The van der Waals surface area contributed by atoms with Crippen LogP contribution in [0.1, 0.15) is 44.4 Å². The second kappa shape index (κ2) is 9.59. The van der Waals surface area contributed by atoms with Gasteiger partial charge in [0.2, 0.25) is 5.91 Å². The van der Waals surface area contributed by atoms with Gasteiger partial charge in [0.15, 0.2) is 6.61 Å². The number of nitrogens with zero attached hydrogens (tertiary/aromatic N) is 1. The molecule has 0 saturated carbocycles. The molecule has 2 aromatic rings. The summed E-state index contributed by atoms with van der Waals surface area (Å²) < 4.78 is 5.90. The maximum atomic E-state index is 13.0. The van der Waals surface area contributed by atoms with Gasteiger partial charge in [0, 0.05) is 13.6 Å². The average molecular weight is 397 g/mol. The van der Waals surface area contributed by atoms with Gasteiger partial charge in [-0.15, -0.1) is 0 Å². The number of nitrogens with one attached hydrogen (secondary N) is 1. The van der Waals surface area contributed by atoms with Crippen LogP contribution in [0.2, 0.25) is 0 Å². The zero-order valence-electron chi connectivity index (χ0n) is 18.3. The molecule has 2 aromatic carbocycles. The lowest BCUT2D eigenvalue weighted by Gasteiger charge is -2.29. The van der Waals surface area contributed by atoms with Gasteiger partial charge < -0.3 is 15.0 Å². The van der Waals surface area contributed by atoms with Crippen LogP contribution in [0.15, 0.2) is 48.5 Å². The summed E-state index contributed by atoms with van der Waals surface area (Å²) in [5.41, 5.74) is 3.05. The molecule has 0 fully saturated rings. The predicted molar refractivity (Wildman–Crippen MR) is 116 cm³/mol. The lowest BCUT2D eigenvalue weighted by Crippen LogP contribution is -2.48. The van der Waals surface area contributed by atoms with E-state index in [-0.39, 0.29) is 23.8 Å². The standard InChI is InChI=1S/C24H32N2O3/c1-17-11-13-19(14-12-17)15-26(18(2)23(28)25-6)22(27)16-29-21-10-8-7-9-20(21)24(3,4)5/h7-14,18H,15-16H2,1-6H3,(H,25,28). The van der Waals surface area contributed by atoms with Gasteiger partial charge >= 0.3 is 0 Å². The minimum absolute atomic E-state index is 0.101. The largest absolute Gasteiger partial charge is 0.483 e. The predicted octanol–water partition coefficient (Wildman–Crippen LogP) is 3.83. The molecule has 5 nitrogen and oxygen atoms in total. The molecule has 0 heterocycles. The first-order valence-electron chi connectivity index (χ1n) is 9.92. The van der Waals surface area contributed by atoms with Crippen molar-refractivity contribution in [3.8, 4) is 5.75 Å². The number of hydrogen-bond acceptors (Lipinski definition) is 3. The fourth-order valence-corrected chi connectivity index (χ4v) is 3.12. The van der Waals surface area contributed by atoms with Crippen molar-refractivity contribution in [2.45, 2.75) is 52.6 Å². The molecule has 0 bridgehead atoms. The van der Waals surface area contributed by atoms with Crippen molar-refractivity contribution in [2.24, 2.45) is 0 Å². The normalized spacial score (nSPS) is 12.2. The van der Waals surface area contributed by atoms with E-state index < -0.39 is 6.04 Å². The Balaban J connectivity index is 2.19. The molecule has 0 aliphatic rings. The van der Waals surface area contributed by atoms with Gasteiger partial charge in [-0.3, -0.25) is 9.59 Å². The summed E-state index contributed by atoms with van der Waals surface area (Å²) in [6.07, 6.45) is 0. The second-order valence-corrected chi connectivity index (χ2v) is 8.33. The lowest BCUT2D eigenvalue weighted by atomic mass is 9.86. The molecule has 5 heteroatoms. The molecular weight excluding hydrogens is 364 g/mol. The first kappa shape index (κ1) is 22.5. The van der Waals surface area contributed by atoms with Crippen LogP contribution in [0.4, 0.5) is 0 Å². The Morgan fingerprint density at radius 1 is 1.07 bits per heavy atom. The molecular formula is C24H32N2O3. The van der Waals surface area contributed by atoms with Gasteiger partial charge in [0.05, 0.1) is 0 Å². The Bertz CT molecular complexity index is 838. The smallest absolute Gasteiger partial charge is 0.261 e. The van der Waals surface area contributed by atoms with Crippen LogP contribution in [0.5, 0.6) is 5.75 Å². The number of carbonyl (C=O) groups excluding carboxylic acids is 2. The quantitative estimate of drug-likeness (QED) is 0.774. The molecule has 156 valence electrons. The zero-order chi connectivity index (χ0) is 21.6. The third-order valence-electron chi connectivity index (χ3n) is 4.93. The fourth-order valence-electron chi connectivity index (χ4n) is 3.12. The van der Waals surface area contributed by atoms with E-state index in [0.717, 1.165) is 16.7 Å². The van der Waals surface area contributed by atoms with Crippen molar-refractivity contribution in [1.29, 1.82) is 0 Å². The molecule has 29 heavy (non-hydrogen) atoms. The zero-order valence-corrected chi connectivity index (χ0v) is 18.3. The van der Waals surface area contributed by atoms with E-state index in [1.807, 2.05) is 55.5 Å². The van der Waals surface area contributed by atoms with E-state index in [1.54, 1.807) is 18.9 Å².